The standard InChI is InChI=1S/C21H24N2O3/c24-21(22-13-17-9-11-25-15-17)26-19-6-7-20-18(12-19)8-10-23(20)14-16-4-2-1-3-5-16/h1-7,12,17H,8-11,13-15H2,(H,22,24). The van der Waals surface area contributed by atoms with E-state index in [1.165, 1.54) is 16.8 Å². The summed E-state index contributed by atoms with van der Waals surface area (Å²) in [5.74, 6) is 1.000. The van der Waals surface area contributed by atoms with E-state index in [9.17, 15) is 4.79 Å². The molecule has 2 heterocycles. The Morgan fingerprint density at radius 3 is 2.92 bits per heavy atom. The lowest BCUT2D eigenvalue weighted by molar-refractivity contribution is 0.181. The van der Waals surface area contributed by atoms with Gasteiger partial charge in [-0.3, -0.25) is 0 Å². The summed E-state index contributed by atoms with van der Waals surface area (Å²) in [6, 6.07) is 16.4. The van der Waals surface area contributed by atoms with Crippen LogP contribution >= 0.6 is 0 Å². The van der Waals surface area contributed by atoms with Crippen LogP contribution in [0.15, 0.2) is 48.5 Å². The number of nitrogens with one attached hydrogen (secondary N) is 1. The van der Waals surface area contributed by atoms with Crippen LogP contribution in [0.5, 0.6) is 5.75 Å². The third kappa shape index (κ3) is 3.99. The number of carbonyl (C=O) groups excluding carboxylic acids is 1. The number of ether oxygens (including phenoxy) is 2. The van der Waals surface area contributed by atoms with E-state index < -0.39 is 6.09 Å². The Morgan fingerprint density at radius 1 is 1.23 bits per heavy atom. The number of carbonyl (C=O) groups is 1. The Balaban J connectivity index is 1.34. The first-order chi connectivity index (χ1) is 12.8. The van der Waals surface area contributed by atoms with E-state index in [0.29, 0.717) is 18.2 Å². The molecule has 0 aliphatic carbocycles. The molecular weight excluding hydrogens is 328 g/mol. The lowest BCUT2D eigenvalue weighted by Crippen LogP contribution is -2.31. The van der Waals surface area contributed by atoms with Crippen LogP contribution in [0.25, 0.3) is 0 Å². The first-order valence-electron chi connectivity index (χ1n) is 9.23. The molecule has 0 radical (unpaired) electrons. The lowest BCUT2D eigenvalue weighted by atomic mass is 10.1. The number of benzene rings is 2. The van der Waals surface area contributed by atoms with Gasteiger partial charge in [0.1, 0.15) is 5.75 Å². The van der Waals surface area contributed by atoms with E-state index >= 15 is 0 Å². The molecule has 1 fully saturated rings. The normalized spacial score (nSPS) is 18.6. The number of anilines is 1. The van der Waals surface area contributed by atoms with Crippen LogP contribution in [-0.4, -0.2) is 32.4 Å². The third-order valence-electron chi connectivity index (χ3n) is 5.03. The van der Waals surface area contributed by atoms with Crippen LogP contribution in [0.3, 0.4) is 0 Å². The smallest absolute Gasteiger partial charge is 0.410 e. The van der Waals surface area contributed by atoms with Gasteiger partial charge in [-0.15, -0.1) is 0 Å². The number of hydrogen-bond acceptors (Lipinski definition) is 4. The highest BCUT2D eigenvalue weighted by Crippen LogP contribution is 2.32. The monoisotopic (exact) mass is 352 g/mol. The largest absolute Gasteiger partial charge is 0.412 e. The van der Waals surface area contributed by atoms with E-state index in [4.69, 9.17) is 9.47 Å². The maximum absolute atomic E-state index is 12.0. The fourth-order valence-corrected chi connectivity index (χ4v) is 3.59. The fraction of sp³-hybridized carbons (Fsp3) is 0.381. The van der Waals surface area contributed by atoms with Crippen molar-refractivity contribution in [2.24, 2.45) is 5.92 Å². The minimum atomic E-state index is -0.393. The van der Waals surface area contributed by atoms with E-state index in [0.717, 1.165) is 39.1 Å². The minimum absolute atomic E-state index is 0.393. The summed E-state index contributed by atoms with van der Waals surface area (Å²) in [6.07, 6.45) is 1.58. The summed E-state index contributed by atoms with van der Waals surface area (Å²) in [5.41, 5.74) is 3.76. The van der Waals surface area contributed by atoms with Gasteiger partial charge in [0.05, 0.1) is 6.61 Å². The van der Waals surface area contributed by atoms with Gasteiger partial charge in [-0.05, 0) is 42.2 Å². The molecule has 0 spiro atoms. The van der Waals surface area contributed by atoms with Crippen LogP contribution in [0.4, 0.5) is 10.5 Å². The molecule has 26 heavy (non-hydrogen) atoms. The molecule has 2 aromatic rings. The molecule has 0 aromatic heterocycles. The Hall–Kier alpha value is -2.53. The van der Waals surface area contributed by atoms with Crippen molar-refractivity contribution in [1.29, 1.82) is 0 Å². The second kappa shape index (κ2) is 7.79. The van der Waals surface area contributed by atoms with Crippen LogP contribution in [-0.2, 0) is 17.7 Å². The number of fused-ring (bicyclic) bond motifs is 1. The third-order valence-corrected chi connectivity index (χ3v) is 5.03. The van der Waals surface area contributed by atoms with Crippen molar-refractivity contribution in [3.8, 4) is 5.75 Å². The highest BCUT2D eigenvalue weighted by Gasteiger charge is 2.21. The number of hydrogen-bond donors (Lipinski definition) is 1. The van der Waals surface area contributed by atoms with E-state index in [1.807, 2.05) is 18.2 Å². The van der Waals surface area contributed by atoms with Gasteiger partial charge in [-0.25, -0.2) is 4.79 Å². The van der Waals surface area contributed by atoms with Crippen molar-refractivity contribution < 1.29 is 14.3 Å². The average molecular weight is 352 g/mol. The Labute approximate surface area is 153 Å². The van der Waals surface area contributed by atoms with E-state index in [1.54, 1.807) is 0 Å². The molecule has 2 aromatic carbocycles. The highest BCUT2D eigenvalue weighted by molar-refractivity contribution is 5.71. The second-order valence-electron chi connectivity index (χ2n) is 6.95. The molecule has 2 aliphatic heterocycles. The number of rotatable bonds is 5. The second-order valence-corrected chi connectivity index (χ2v) is 6.95. The highest BCUT2D eigenvalue weighted by atomic mass is 16.6. The molecule has 2 aliphatic rings. The van der Waals surface area contributed by atoms with Gasteiger partial charge in [0.15, 0.2) is 0 Å². The van der Waals surface area contributed by atoms with Gasteiger partial charge in [-0.2, -0.15) is 0 Å². The zero-order valence-electron chi connectivity index (χ0n) is 14.8. The van der Waals surface area contributed by atoms with Gasteiger partial charge in [-0.1, -0.05) is 30.3 Å². The molecule has 1 saturated heterocycles. The van der Waals surface area contributed by atoms with E-state index in [2.05, 4.69) is 40.5 Å². The molecule has 1 atom stereocenters. The summed E-state index contributed by atoms with van der Waals surface area (Å²) in [4.78, 5) is 14.4. The lowest BCUT2D eigenvalue weighted by Gasteiger charge is -2.19. The Morgan fingerprint density at radius 2 is 2.12 bits per heavy atom. The number of amides is 1. The van der Waals surface area contributed by atoms with Gasteiger partial charge in [0.25, 0.3) is 0 Å². The van der Waals surface area contributed by atoms with Crippen molar-refractivity contribution >= 4 is 11.8 Å². The molecule has 0 bridgehead atoms. The summed E-state index contributed by atoms with van der Waals surface area (Å²) in [5, 5.41) is 2.83. The molecule has 1 N–H and O–H groups in total. The predicted molar refractivity (Wildman–Crippen MR) is 101 cm³/mol. The molecule has 4 rings (SSSR count). The molecular formula is C21H24N2O3. The quantitative estimate of drug-likeness (QED) is 0.896. The average Bonchev–Trinajstić information content (AvgIpc) is 3.31. The van der Waals surface area contributed by atoms with Crippen molar-refractivity contribution in [2.45, 2.75) is 19.4 Å². The fourth-order valence-electron chi connectivity index (χ4n) is 3.59. The van der Waals surface area contributed by atoms with Gasteiger partial charge in [0, 0.05) is 37.8 Å². The molecule has 136 valence electrons. The maximum Gasteiger partial charge on any atom is 0.412 e. The topological polar surface area (TPSA) is 50.8 Å². The molecule has 0 saturated carbocycles. The van der Waals surface area contributed by atoms with E-state index in [-0.39, 0.29) is 0 Å². The zero-order valence-corrected chi connectivity index (χ0v) is 14.8. The maximum atomic E-state index is 12.0. The van der Waals surface area contributed by atoms with Crippen molar-refractivity contribution in [3.05, 3.63) is 59.7 Å². The summed E-state index contributed by atoms with van der Waals surface area (Å²) in [6.45, 7) is 4.00. The zero-order chi connectivity index (χ0) is 17.8. The van der Waals surface area contributed by atoms with Crippen molar-refractivity contribution in [2.75, 3.05) is 31.2 Å². The van der Waals surface area contributed by atoms with Gasteiger partial charge in [0.2, 0.25) is 0 Å². The summed E-state index contributed by atoms with van der Waals surface area (Å²) >= 11 is 0. The van der Waals surface area contributed by atoms with Gasteiger partial charge < -0.3 is 19.7 Å². The molecule has 5 nitrogen and oxygen atoms in total. The van der Waals surface area contributed by atoms with Crippen molar-refractivity contribution in [3.63, 3.8) is 0 Å². The predicted octanol–water partition coefficient (Wildman–Crippen LogP) is 3.37. The number of nitrogens with zero attached hydrogens (tertiary/aromatic N) is 1. The SMILES string of the molecule is O=C(NCC1CCOC1)Oc1ccc2c(c1)CCN2Cc1ccccc1. The van der Waals surface area contributed by atoms with Crippen LogP contribution < -0.4 is 15.0 Å². The molecule has 1 amide bonds. The first-order valence-corrected chi connectivity index (χ1v) is 9.23. The minimum Gasteiger partial charge on any atom is -0.410 e. The summed E-state index contributed by atoms with van der Waals surface area (Å²) < 4.78 is 10.8. The summed E-state index contributed by atoms with van der Waals surface area (Å²) in [7, 11) is 0. The van der Waals surface area contributed by atoms with Gasteiger partial charge >= 0.3 is 6.09 Å². The van der Waals surface area contributed by atoms with Crippen LogP contribution in [0.2, 0.25) is 0 Å². The van der Waals surface area contributed by atoms with Crippen LogP contribution in [0, 0.1) is 5.92 Å². The Bertz CT molecular complexity index is 757. The first kappa shape index (κ1) is 16.9. The molecule has 5 heteroatoms. The Kier molecular flexibility index (Phi) is 5.07. The molecule has 1 unspecified atom stereocenters. The van der Waals surface area contributed by atoms with Crippen LogP contribution in [0.1, 0.15) is 17.5 Å². The van der Waals surface area contributed by atoms with Crippen molar-refractivity contribution in [1.82, 2.24) is 5.32 Å².